The Kier molecular flexibility index (Phi) is 6.31. The molecule has 21 heavy (non-hydrogen) atoms. The highest BCUT2D eigenvalue weighted by molar-refractivity contribution is 7.99. The van der Waals surface area contributed by atoms with Crippen molar-refractivity contribution >= 4 is 27.8 Å². The van der Waals surface area contributed by atoms with Crippen molar-refractivity contribution in [2.45, 2.75) is 4.90 Å². The van der Waals surface area contributed by atoms with E-state index in [0.29, 0.717) is 23.6 Å². The summed E-state index contributed by atoms with van der Waals surface area (Å²) in [4.78, 5) is 9.74. The Balaban J connectivity index is 2.97. The summed E-state index contributed by atoms with van der Waals surface area (Å²) in [5.74, 6) is -3.65. The molecule has 0 fully saturated rings. The van der Waals surface area contributed by atoms with E-state index in [2.05, 4.69) is 11.3 Å². The SMILES string of the molecule is C=CCSCCNS(=O)(=O)c1cc(C(=O)O)cc(F)c1F. The Morgan fingerprint density at radius 3 is 2.67 bits per heavy atom. The molecule has 0 aliphatic carbocycles. The molecule has 0 unspecified atom stereocenters. The summed E-state index contributed by atoms with van der Waals surface area (Å²) in [6, 6.07) is 1.01. The van der Waals surface area contributed by atoms with Gasteiger partial charge >= 0.3 is 5.97 Å². The zero-order valence-electron chi connectivity index (χ0n) is 10.8. The molecule has 0 saturated heterocycles. The lowest BCUT2D eigenvalue weighted by Gasteiger charge is -2.09. The number of carboxylic acid groups (broad SMARTS) is 1. The molecule has 0 radical (unpaired) electrons. The Morgan fingerprint density at radius 2 is 2.10 bits per heavy atom. The fourth-order valence-electron chi connectivity index (χ4n) is 1.38. The topological polar surface area (TPSA) is 83.5 Å². The molecule has 0 saturated carbocycles. The van der Waals surface area contributed by atoms with Gasteiger partial charge in [-0.3, -0.25) is 0 Å². The smallest absolute Gasteiger partial charge is 0.335 e. The average molecular weight is 337 g/mol. The zero-order chi connectivity index (χ0) is 16.0. The van der Waals surface area contributed by atoms with E-state index in [1.54, 1.807) is 6.08 Å². The lowest BCUT2D eigenvalue weighted by Crippen LogP contribution is -2.27. The molecule has 5 nitrogen and oxygen atoms in total. The van der Waals surface area contributed by atoms with Gasteiger partial charge in [-0.1, -0.05) is 6.08 Å². The number of halogens is 2. The first kappa shape index (κ1) is 17.6. The van der Waals surface area contributed by atoms with E-state index in [0.717, 1.165) is 0 Å². The van der Waals surface area contributed by atoms with Crippen molar-refractivity contribution < 1.29 is 27.1 Å². The fraction of sp³-hybridized carbons (Fsp3) is 0.250. The van der Waals surface area contributed by atoms with Gasteiger partial charge < -0.3 is 5.11 Å². The van der Waals surface area contributed by atoms with Crippen LogP contribution < -0.4 is 4.72 Å². The molecule has 0 atom stereocenters. The minimum absolute atomic E-state index is 0.000796. The molecule has 0 aromatic heterocycles. The van der Waals surface area contributed by atoms with Crippen LogP contribution in [0.25, 0.3) is 0 Å². The number of rotatable bonds is 8. The molecular formula is C12H13F2NO4S2. The van der Waals surface area contributed by atoms with Crippen molar-refractivity contribution in [2.24, 2.45) is 0 Å². The maximum absolute atomic E-state index is 13.6. The number of hydrogen-bond acceptors (Lipinski definition) is 4. The number of benzene rings is 1. The molecule has 0 heterocycles. The Labute approximate surface area is 125 Å². The van der Waals surface area contributed by atoms with Crippen LogP contribution in [0.1, 0.15) is 10.4 Å². The molecule has 0 amide bonds. The maximum Gasteiger partial charge on any atom is 0.335 e. The molecule has 1 aromatic rings. The molecule has 1 aromatic carbocycles. The molecule has 0 aliphatic rings. The Bertz CT molecular complexity index is 647. The third-order valence-corrected chi connectivity index (χ3v) is 4.73. The average Bonchev–Trinajstić information content (AvgIpc) is 2.40. The first-order valence-electron chi connectivity index (χ1n) is 5.70. The van der Waals surface area contributed by atoms with Crippen molar-refractivity contribution in [3.05, 3.63) is 42.0 Å². The van der Waals surface area contributed by atoms with Crippen molar-refractivity contribution in [2.75, 3.05) is 18.1 Å². The summed E-state index contributed by atoms with van der Waals surface area (Å²) in [7, 11) is -4.32. The molecule has 116 valence electrons. The minimum Gasteiger partial charge on any atom is -0.478 e. The molecular weight excluding hydrogens is 324 g/mol. The van der Waals surface area contributed by atoms with Crippen LogP contribution >= 0.6 is 11.8 Å². The van der Waals surface area contributed by atoms with Crippen molar-refractivity contribution in [3.8, 4) is 0 Å². The Morgan fingerprint density at radius 1 is 1.43 bits per heavy atom. The second-order valence-corrected chi connectivity index (χ2v) is 6.72. The highest BCUT2D eigenvalue weighted by Crippen LogP contribution is 2.20. The molecule has 2 N–H and O–H groups in total. The van der Waals surface area contributed by atoms with E-state index in [-0.39, 0.29) is 6.54 Å². The monoisotopic (exact) mass is 337 g/mol. The van der Waals surface area contributed by atoms with E-state index < -0.39 is 38.1 Å². The number of carboxylic acids is 1. The number of sulfonamides is 1. The highest BCUT2D eigenvalue weighted by Gasteiger charge is 2.24. The summed E-state index contributed by atoms with van der Waals surface area (Å²) < 4.78 is 52.7. The van der Waals surface area contributed by atoms with E-state index in [1.807, 2.05) is 0 Å². The van der Waals surface area contributed by atoms with Gasteiger partial charge in [-0.2, -0.15) is 11.8 Å². The van der Waals surface area contributed by atoms with E-state index >= 15 is 0 Å². The van der Waals surface area contributed by atoms with Crippen LogP contribution in [-0.2, 0) is 10.0 Å². The third-order valence-electron chi connectivity index (χ3n) is 2.31. The number of nitrogens with one attached hydrogen (secondary N) is 1. The molecule has 1 rings (SSSR count). The number of hydrogen-bond donors (Lipinski definition) is 2. The van der Waals surface area contributed by atoms with Crippen LogP contribution in [0.15, 0.2) is 29.7 Å². The summed E-state index contributed by atoms with van der Waals surface area (Å²) in [5.41, 5.74) is -0.643. The quantitative estimate of drug-likeness (QED) is 0.559. The summed E-state index contributed by atoms with van der Waals surface area (Å²) in [6.45, 7) is 3.50. The van der Waals surface area contributed by atoms with Crippen LogP contribution in [0, 0.1) is 11.6 Å². The van der Waals surface area contributed by atoms with Gasteiger partial charge in [0.15, 0.2) is 11.6 Å². The molecule has 9 heteroatoms. The van der Waals surface area contributed by atoms with Gasteiger partial charge in [-0.25, -0.2) is 26.7 Å². The van der Waals surface area contributed by atoms with Crippen molar-refractivity contribution in [1.82, 2.24) is 4.72 Å². The molecule has 0 bridgehead atoms. The van der Waals surface area contributed by atoms with Crippen LogP contribution in [0.3, 0.4) is 0 Å². The summed E-state index contributed by atoms with van der Waals surface area (Å²) >= 11 is 1.40. The van der Waals surface area contributed by atoms with Gasteiger partial charge in [0, 0.05) is 18.1 Å². The van der Waals surface area contributed by atoms with Gasteiger partial charge in [-0.15, -0.1) is 6.58 Å². The van der Waals surface area contributed by atoms with Crippen molar-refractivity contribution in [1.29, 1.82) is 0 Å². The normalized spacial score (nSPS) is 11.3. The van der Waals surface area contributed by atoms with Crippen LogP contribution in [-0.4, -0.2) is 37.5 Å². The predicted molar refractivity (Wildman–Crippen MR) is 76.0 cm³/mol. The van der Waals surface area contributed by atoms with Crippen LogP contribution in [0.5, 0.6) is 0 Å². The van der Waals surface area contributed by atoms with Gasteiger partial charge in [-0.05, 0) is 12.1 Å². The molecule has 0 spiro atoms. The van der Waals surface area contributed by atoms with E-state index in [1.165, 1.54) is 11.8 Å². The largest absolute Gasteiger partial charge is 0.478 e. The first-order valence-corrected chi connectivity index (χ1v) is 8.34. The lowest BCUT2D eigenvalue weighted by molar-refractivity contribution is 0.0696. The third kappa shape index (κ3) is 4.80. The highest BCUT2D eigenvalue weighted by atomic mass is 32.2. The second-order valence-electron chi connectivity index (χ2n) is 3.84. The minimum atomic E-state index is -4.32. The lowest BCUT2D eigenvalue weighted by atomic mass is 10.2. The number of carbonyl (C=O) groups is 1. The predicted octanol–water partition coefficient (Wildman–Crippen LogP) is 1.86. The van der Waals surface area contributed by atoms with Crippen LogP contribution in [0.4, 0.5) is 8.78 Å². The first-order chi connectivity index (χ1) is 9.79. The number of aromatic carboxylic acids is 1. The van der Waals surface area contributed by atoms with Gasteiger partial charge in [0.05, 0.1) is 5.56 Å². The van der Waals surface area contributed by atoms with Gasteiger partial charge in [0.25, 0.3) is 0 Å². The van der Waals surface area contributed by atoms with Crippen molar-refractivity contribution in [3.63, 3.8) is 0 Å². The second kappa shape index (κ2) is 7.53. The molecule has 0 aliphatic heterocycles. The summed E-state index contributed by atoms with van der Waals surface area (Å²) in [5, 5.41) is 8.75. The van der Waals surface area contributed by atoms with Gasteiger partial charge in [0.2, 0.25) is 10.0 Å². The van der Waals surface area contributed by atoms with Gasteiger partial charge in [0.1, 0.15) is 4.90 Å². The number of thioether (sulfide) groups is 1. The van der Waals surface area contributed by atoms with E-state index in [4.69, 9.17) is 5.11 Å². The standard InChI is InChI=1S/C12H13F2NO4S2/c1-2-4-20-5-3-15-21(18,19)10-7-8(12(16)17)6-9(13)11(10)14/h2,6-7,15H,1,3-5H2,(H,16,17). The Hall–Kier alpha value is -1.45. The van der Waals surface area contributed by atoms with E-state index in [9.17, 15) is 22.0 Å². The summed E-state index contributed by atoms with van der Waals surface area (Å²) in [6.07, 6.45) is 1.64. The maximum atomic E-state index is 13.6. The zero-order valence-corrected chi connectivity index (χ0v) is 12.4. The fourth-order valence-corrected chi connectivity index (χ4v) is 3.23. The van der Waals surface area contributed by atoms with Crippen LogP contribution in [0.2, 0.25) is 0 Å².